The molecule has 0 radical (unpaired) electrons. The Morgan fingerprint density at radius 3 is 2.68 bits per heavy atom. The molecular formula is C13H20N2O3S. The molecule has 2 atom stereocenters. The maximum absolute atomic E-state index is 11.7. The number of thiophene rings is 1. The summed E-state index contributed by atoms with van der Waals surface area (Å²) < 4.78 is 0. The number of carbonyl (C=O) groups is 2. The standard InChI is InChI=1S/C13H20N2O3S/c1-3-4-11(12(16)17)15-13(18)14-9(2)7-10-5-6-19-8-10/h5-6,8-9,11H,3-4,7H2,1-2H3,(H,16,17)(H2,14,15,18). The number of carboxylic acid groups (broad SMARTS) is 1. The van der Waals surface area contributed by atoms with Gasteiger partial charge in [0.2, 0.25) is 0 Å². The number of hydrogen-bond donors (Lipinski definition) is 3. The molecule has 0 saturated carbocycles. The van der Waals surface area contributed by atoms with Crippen LogP contribution in [-0.4, -0.2) is 29.2 Å². The number of rotatable bonds is 7. The van der Waals surface area contributed by atoms with Gasteiger partial charge in [0.05, 0.1) is 0 Å². The van der Waals surface area contributed by atoms with Crippen molar-refractivity contribution in [2.24, 2.45) is 0 Å². The Hall–Kier alpha value is -1.56. The molecule has 0 fully saturated rings. The molecule has 2 amide bonds. The second kappa shape index (κ2) is 7.78. The molecule has 19 heavy (non-hydrogen) atoms. The highest BCUT2D eigenvalue weighted by Gasteiger charge is 2.19. The highest BCUT2D eigenvalue weighted by atomic mass is 32.1. The summed E-state index contributed by atoms with van der Waals surface area (Å²) >= 11 is 1.62. The van der Waals surface area contributed by atoms with Crippen LogP contribution in [-0.2, 0) is 11.2 Å². The SMILES string of the molecule is CCCC(NC(=O)NC(C)Cc1ccsc1)C(=O)O. The minimum atomic E-state index is -0.998. The smallest absolute Gasteiger partial charge is 0.326 e. The summed E-state index contributed by atoms with van der Waals surface area (Å²) in [5.74, 6) is -0.998. The second-order valence-corrected chi connectivity index (χ2v) is 5.31. The first-order valence-electron chi connectivity index (χ1n) is 6.33. The molecule has 1 rings (SSSR count). The molecule has 1 aromatic rings. The summed E-state index contributed by atoms with van der Waals surface area (Å²) in [5, 5.41) is 18.2. The van der Waals surface area contributed by atoms with E-state index >= 15 is 0 Å². The molecule has 5 nitrogen and oxygen atoms in total. The van der Waals surface area contributed by atoms with Crippen molar-refractivity contribution in [3.63, 3.8) is 0 Å². The van der Waals surface area contributed by atoms with Gasteiger partial charge in [-0.1, -0.05) is 13.3 Å². The largest absolute Gasteiger partial charge is 0.480 e. The topological polar surface area (TPSA) is 78.4 Å². The first-order valence-corrected chi connectivity index (χ1v) is 7.28. The number of urea groups is 1. The van der Waals surface area contributed by atoms with Crippen molar-refractivity contribution in [3.05, 3.63) is 22.4 Å². The quantitative estimate of drug-likeness (QED) is 0.718. The van der Waals surface area contributed by atoms with Crippen LogP contribution in [0.15, 0.2) is 16.8 Å². The van der Waals surface area contributed by atoms with Crippen molar-refractivity contribution in [1.82, 2.24) is 10.6 Å². The molecule has 1 aromatic heterocycles. The third-order valence-corrected chi connectivity index (χ3v) is 3.41. The van der Waals surface area contributed by atoms with Gasteiger partial charge >= 0.3 is 12.0 Å². The van der Waals surface area contributed by atoms with Crippen molar-refractivity contribution < 1.29 is 14.7 Å². The molecule has 0 aromatic carbocycles. The van der Waals surface area contributed by atoms with Crippen molar-refractivity contribution >= 4 is 23.3 Å². The molecule has 0 spiro atoms. The van der Waals surface area contributed by atoms with E-state index in [4.69, 9.17) is 5.11 Å². The van der Waals surface area contributed by atoms with Gasteiger partial charge in [0.1, 0.15) is 6.04 Å². The summed E-state index contributed by atoms with van der Waals surface area (Å²) in [7, 11) is 0. The van der Waals surface area contributed by atoms with E-state index in [9.17, 15) is 9.59 Å². The van der Waals surface area contributed by atoms with Crippen LogP contribution in [0.25, 0.3) is 0 Å². The Morgan fingerprint density at radius 1 is 1.42 bits per heavy atom. The molecule has 6 heteroatoms. The van der Waals surface area contributed by atoms with Gasteiger partial charge in [0.15, 0.2) is 0 Å². The molecular weight excluding hydrogens is 264 g/mol. The average Bonchev–Trinajstić information content (AvgIpc) is 2.80. The lowest BCUT2D eigenvalue weighted by atomic mass is 10.1. The van der Waals surface area contributed by atoms with Crippen LogP contribution < -0.4 is 10.6 Å². The fourth-order valence-corrected chi connectivity index (χ4v) is 2.46. The minimum Gasteiger partial charge on any atom is -0.480 e. The van der Waals surface area contributed by atoms with Crippen LogP contribution in [0.4, 0.5) is 4.79 Å². The summed E-state index contributed by atoms with van der Waals surface area (Å²) in [4.78, 5) is 22.6. The van der Waals surface area contributed by atoms with E-state index in [1.165, 1.54) is 5.56 Å². The maximum atomic E-state index is 11.7. The second-order valence-electron chi connectivity index (χ2n) is 4.53. The Bertz CT molecular complexity index is 406. The molecule has 2 unspecified atom stereocenters. The summed E-state index contributed by atoms with van der Waals surface area (Å²) in [5.41, 5.74) is 1.17. The lowest BCUT2D eigenvalue weighted by Gasteiger charge is -2.17. The average molecular weight is 284 g/mol. The predicted molar refractivity (Wildman–Crippen MR) is 75.5 cm³/mol. The minimum absolute atomic E-state index is 0.0364. The van der Waals surface area contributed by atoms with E-state index in [0.29, 0.717) is 12.8 Å². The first kappa shape index (κ1) is 15.5. The predicted octanol–water partition coefficient (Wildman–Crippen LogP) is 2.23. The van der Waals surface area contributed by atoms with Gasteiger partial charge < -0.3 is 15.7 Å². The number of amides is 2. The molecule has 0 aliphatic heterocycles. The van der Waals surface area contributed by atoms with Crippen LogP contribution in [0.3, 0.4) is 0 Å². The van der Waals surface area contributed by atoms with Crippen LogP contribution in [0, 0.1) is 0 Å². The van der Waals surface area contributed by atoms with Gasteiger partial charge in [-0.3, -0.25) is 0 Å². The zero-order valence-corrected chi connectivity index (χ0v) is 12.0. The molecule has 0 bridgehead atoms. The Kier molecular flexibility index (Phi) is 6.35. The van der Waals surface area contributed by atoms with Gasteiger partial charge in [-0.25, -0.2) is 9.59 Å². The van der Waals surface area contributed by atoms with Crippen molar-refractivity contribution in [3.8, 4) is 0 Å². The molecule has 3 N–H and O–H groups in total. The maximum Gasteiger partial charge on any atom is 0.326 e. The van der Waals surface area contributed by atoms with Crippen LogP contribution in [0.2, 0.25) is 0 Å². The van der Waals surface area contributed by atoms with E-state index in [2.05, 4.69) is 10.6 Å². The highest BCUT2D eigenvalue weighted by Crippen LogP contribution is 2.08. The van der Waals surface area contributed by atoms with E-state index in [-0.39, 0.29) is 6.04 Å². The number of carboxylic acids is 1. The van der Waals surface area contributed by atoms with Crippen molar-refractivity contribution in [2.75, 3.05) is 0 Å². The lowest BCUT2D eigenvalue weighted by molar-refractivity contribution is -0.139. The molecule has 0 aliphatic rings. The van der Waals surface area contributed by atoms with Gasteiger partial charge in [-0.05, 0) is 42.2 Å². The van der Waals surface area contributed by atoms with Gasteiger partial charge in [-0.2, -0.15) is 11.3 Å². The van der Waals surface area contributed by atoms with Crippen molar-refractivity contribution in [1.29, 1.82) is 0 Å². The number of carbonyl (C=O) groups excluding carboxylic acids is 1. The molecule has 0 aliphatic carbocycles. The molecule has 106 valence electrons. The zero-order valence-electron chi connectivity index (χ0n) is 11.2. The monoisotopic (exact) mass is 284 g/mol. The van der Waals surface area contributed by atoms with Gasteiger partial charge in [-0.15, -0.1) is 0 Å². The lowest BCUT2D eigenvalue weighted by Crippen LogP contribution is -2.48. The van der Waals surface area contributed by atoms with E-state index < -0.39 is 18.0 Å². The number of aliphatic carboxylic acids is 1. The first-order chi connectivity index (χ1) is 9.02. The van der Waals surface area contributed by atoms with Gasteiger partial charge in [0.25, 0.3) is 0 Å². The Labute approximate surface area is 117 Å². The zero-order chi connectivity index (χ0) is 14.3. The third-order valence-electron chi connectivity index (χ3n) is 2.68. The summed E-state index contributed by atoms with van der Waals surface area (Å²) in [6.07, 6.45) is 1.88. The van der Waals surface area contributed by atoms with Crippen LogP contribution >= 0.6 is 11.3 Å². The third kappa shape index (κ3) is 5.74. The van der Waals surface area contributed by atoms with Crippen LogP contribution in [0.5, 0.6) is 0 Å². The van der Waals surface area contributed by atoms with Crippen molar-refractivity contribution in [2.45, 2.75) is 45.2 Å². The summed E-state index contributed by atoms with van der Waals surface area (Å²) in [6.45, 7) is 3.78. The normalized spacial score (nSPS) is 13.6. The van der Waals surface area contributed by atoms with Gasteiger partial charge in [0, 0.05) is 6.04 Å². The fraction of sp³-hybridized carbons (Fsp3) is 0.538. The Morgan fingerprint density at radius 2 is 2.16 bits per heavy atom. The molecule has 0 saturated heterocycles. The van der Waals surface area contributed by atoms with E-state index in [1.807, 2.05) is 30.7 Å². The van der Waals surface area contributed by atoms with E-state index in [1.54, 1.807) is 11.3 Å². The fourth-order valence-electron chi connectivity index (χ4n) is 1.78. The molecule has 1 heterocycles. The Balaban J connectivity index is 2.38. The number of hydrogen-bond acceptors (Lipinski definition) is 3. The highest BCUT2D eigenvalue weighted by molar-refractivity contribution is 7.07. The van der Waals surface area contributed by atoms with E-state index in [0.717, 1.165) is 6.42 Å². The summed E-state index contributed by atoms with van der Waals surface area (Å²) in [6, 6.07) is 0.727. The van der Waals surface area contributed by atoms with Crippen LogP contribution in [0.1, 0.15) is 32.3 Å². The number of nitrogens with one attached hydrogen (secondary N) is 2.